The Balaban J connectivity index is 1.54. The second-order valence-corrected chi connectivity index (χ2v) is 7.34. The van der Waals surface area contributed by atoms with Crippen LogP contribution in [0.1, 0.15) is 38.4 Å². The molecule has 0 aliphatic carbocycles. The molecule has 6 heteroatoms. The number of para-hydroxylation sites is 2. The Labute approximate surface area is 178 Å². The zero-order valence-electron chi connectivity index (χ0n) is 17.9. The van der Waals surface area contributed by atoms with E-state index in [9.17, 15) is 4.79 Å². The second-order valence-electron chi connectivity index (χ2n) is 7.34. The molecule has 2 aromatic carbocycles. The number of aryl methyl sites for hydroxylation is 2. The number of amides is 1. The van der Waals surface area contributed by atoms with Crippen molar-refractivity contribution >= 4 is 16.9 Å². The maximum Gasteiger partial charge on any atom is 0.216 e. The highest BCUT2D eigenvalue weighted by atomic mass is 16.5. The van der Waals surface area contributed by atoms with Crippen molar-refractivity contribution in [1.82, 2.24) is 14.9 Å². The lowest BCUT2D eigenvalue weighted by atomic mass is 10.2. The van der Waals surface area contributed by atoms with Crippen molar-refractivity contribution in [3.05, 3.63) is 54.4 Å². The monoisotopic (exact) mass is 409 g/mol. The zero-order chi connectivity index (χ0) is 21.2. The maximum atomic E-state index is 10.9. The minimum Gasteiger partial charge on any atom is -0.497 e. The van der Waals surface area contributed by atoms with Gasteiger partial charge in [-0.25, -0.2) is 4.98 Å². The van der Waals surface area contributed by atoms with Crippen molar-refractivity contribution in [2.75, 3.05) is 20.3 Å². The number of unbranched alkanes of at least 4 members (excludes halogenated alkanes) is 2. The van der Waals surface area contributed by atoms with E-state index in [0.717, 1.165) is 68.0 Å². The van der Waals surface area contributed by atoms with Crippen LogP contribution >= 0.6 is 0 Å². The molecule has 0 fully saturated rings. The van der Waals surface area contributed by atoms with Crippen molar-refractivity contribution in [2.45, 2.75) is 45.6 Å². The highest BCUT2D eigenvalue weighted by Gasteiger charge is 2.10. The molecule has 1 aromatic heterocycles. The van der Waals surface area contributed by atoms with Gasteiger partial charge in [0.2, 0.25) is 5.91 Å². The van der Waals surface area contributed by atoms with E-state index in [1.165, 1.54) is 5.52 Å². The summed E-state index contributed by atoms with van der Waals surface area (Å²) in [7, 11) is 1.66. The Morgan fingerprint density at radius 1 is 1.03 bits per heavy atom. The molecule has 3 aromatic rings. The summed E-state index contributed by atoms with van der Waals surface area (Å²) in [5.74, 6) is 2.78. The SMILES string of the molecule is COc1cccc(OCCCn2c(CCCCCNC(C)=O)nc3ccccc32)c1. The lowest BCUT2D eigenvalue weighted by Gasteiger charge is -2.11. The van der Waals surface area contributed by atoms with Crippen LogP contribution in [0.25, 0.3) is 11.0 Å². The number of rotatable bonds is 12. The molecule has 160 valence electrons. The number of nitrogens with zero attached hydrogens (tertiary/aromatic N) is 2. The Morgan fingerprint density at radius 2 is 1.87 bits per heavy atom. The molecule has 0 saturated carbocycles. The number of ether oxygens (including phenoxy) is 2. The molecule has 0 unspecified atom stereocenters. The van der Waals surface area contributed by atoms with Crippen molar-refractivity contribution in [1.29, 1.82) is 0 Å². The Kier molecular flexibility index (Phi) is 8.12. The van der Waals surface area contributed by atoms with E-state index in [1.807, 2.05) is 30.3 Å². The summed E-state index contributed by atoms with van der Waals surface area (Å²) in [5, 5.41) is 2.85. The predicted molar refractivity (Wildman–Crippen MR) is 119 cm³/mol. The van der Waals surface area contributed by atoms with Crippen molar-refractivity contribution in [3.63, 3.8) is 0 Å². The summed E-state index contributed by atoms with van der Waals surface area (Å²) in [6, 6.07) is 16.0. The molecule has 0 aliphatic heterocycles. The molecule has 0 bridgehead atoms. The molecule has 1 N–H and O–H groups in total. The number of methoxy groups -OCH3 is 1. The maximum absolute atomic E-state index is 10.9. The molecular formula is C24H31N3O3. The Morgan fingerprint density at radius 3 is 2.70 bits per heavy atom. The third-order valence-corrected chi connectivity index (χ3v) is 5.02. The fraction of sp³-hybridized carbons (Fsp3) is 0.417. The standard InChI is InChI=1S/C24H31N3O3/c1-19(28)25-15-7-3-4-14-24-26-22-12-5-6-13-23(22)27(24)16-9-17-30-21-11-8-10-20(18-21)29-2/h5-6,8,10-13,18H,3-4,7,9,14-17H2,1-2H3,(H,25,28). The molecule has 0 saturated heterocycles. The van der Waals surface area contributed by atoms with Crippen LogP contribution in [0.3, 0.4) is 0 Å². The number of benzene rings is 2. The molecule has 0 radical (unpaired) electrons. The zero-order valence-corrected chi connectivity index (χ0v) is 17.9. The number of imidazole rings is 1. The fourth-order valence-corrected chi connectivity index (χ4v) is 3.52. The predicted octanol–water partition coefficient (Wildman–Crippen LogP) is 4.36. The van der Waals surface area contributed by atoms with Crippen LogP contribution in [0.4, 0.5) is 0 Å². The Hall–Kier alpha value is -3.02. The van der Waals surface area contributed by atoms with Crippen LogP contribution in [-0.2, 0) is 17.8 Å². The van der Waals surface area contributed by atoms with Gasteiger partial charge < -0.3 is 19.4 Å². The normalized spacial score (nSPS) is 10.9. The molecular weight excluding hydrogens is 378 g/mol. The lowest BCUT2D eigenvalue weighted by Crippen LogP contribution is -2.20. The number of hydrogen-bond donors (Lipinski definition) is 1. The van der Waals surface area contributed by atoms with Gasteiger partial charge in [0.15, 0.2) is 0 Å². The molecule has 0 aliphatic rings. The molecule has 30 heavy (non-hydrogen) atoms. The largest absolute Gasteiger partial charge is 0.497 e. The summed E-state index contributed by atoms with van der Waals surface area (Å²) in [6.45, 7) is 3.80. The molecule has 6 nitrogen and oxygen atoms in total. The van der Waals surface area contributed by atoms with Crippen LogP contribution in [0.5, 0.6) is 11.5 Å². The first kappa shape index (κ1) is 21.7. The van der Waals surface area contributed by atoms with Gasteiger partial charge in [-0.05, 0) is 43.5 Å². The van der Waals surface area contributed by atoms with Gasteiger partial charge in [0, 0.05) is 32.5 Å². The first-order chi connectivity index (χ1) is 14.7. The van der Waals surface area contributed by atoms with E-state index in [-0.39, 0.29) is 5.91 Å². The van der Waals surface area contributed by atoms with E-state index in [0.29, 0.717) is 6.61 Å². The van der Waals surface area contributed by atoms with Crippen LogP contribution in [0.2, 0.25) is 0 Å². The minimum absolute atomic E-state index is 0.0351. The van der Waals surface area contributed by atoms with Gasteiger partial charge in [-0.2, -0.15) is 0 Å². The van der Waals surface area contributed by atoms with Gasteiger partial charge >= 0.3 is 0 Å². The number of fused-ring (bicyclic) bond motifs is 1. The van der Waals surface area contributed by atoms with E-state index in [4.69, 9.17) is 14.5 Å². The van der Waals surface area contributed by atoms with E-state index in [2.05, 4.69) is 28.1 Å². The van der Waals surface area contributed by atoms with Gasteiger partial charge in [0.25, 0.3) is 0 Å². The quantitative estimate of drug-likeness (QED) is 0.451. The average molecular weight is 410 g/mol. The third kappa shape index (κ3) is 6.24. The van der Waals surface area contributed by atoms with Gasteiger partial charge in [-0.15, -0.1) is 0 Å². The molecule has 0 spiro atoms. The fourth-order valence-electron chi connectivity index (χ4n) is 3.52. The third-order valence-electron chi connectivity index (χ3n) is 5.02. The van der Waals surface area contributed by atoms with Gasteiger partial charge in [-0.1, -0.05) is 24.6 Å². The molecule has 1 amide bonds. The van der Waals surface area contributed by atoms with Gasteiger partial charge in [-0.3, -0.25) is 4.79 Å². The number of aromatic nitrogens is 2. The number of nitrogens with one attached hydrogen (secondary N) is 1. The summed E-state index contributed by atoms with van der Waals surface area (Å²) >= 11 is 0. The lowest BCUT2D eigenvalue weighted by molar-refractivity contribution is -0.118. The number of hydrogen-bond acceptors (Lipinski definition) is 4. The van der Waals surface area contributed by atoms with E-state index < -0.39 is 0 Å². The second kappa shape index (κ2) is 11.2. The highest BCUT2D eigenvalue weighted by molar-refractivity contribution is 5.75. The Bertz CT molecular complexity index is 952. The average Bonchev–Trinajstić information content (AvgIpc) is 3.11. The summed E-state index contributed by atoms with van der Waals surface area (Å²) in [5.41, 5.74) is 2.21. The van der Waals surface area contributed by atoms with Gasteiger partial charge in [0.1, 0.15) is 17.3 Å². The van der Waals surface area contributed by atoms with Crippen LogP contribution < -0.4 is 14.8 Å². The molecule has 1 heterocycles. The summed E-state index contributed by atoms with van der Waals surface area (Å²) in [4.78, 5) is 15.8. The first-order valence-electron chi connectivity index (χ1n) is 10.6. The van der Waals surface area contributed by atoms with Crippen molar-refractivity contribution < 1.29 is 14.3 Å². The first-order valence-corrected chi connectivity index (χ1v) is 10.6. The summed E-state index contributed by atoms with van der Waals surface area (Å²) in [6.07, 6.45) is 4.96. The minimum atomic E-state index is 0.0351. The van der Waals surface area contributed by atoms with Crippen LogP contribution in [0.15, 0.2) is 48.5 Å². The smallest absolute Gasteiger partial charge is 0.216 e. The van der Waals surface area contributed by atoms with Crippen LogP contribution in [-0.4, -0.2) is 35.7 Å². The van der Waals surface area contributed by atoms with Crippen molar-refractivity contribution in [2.24, 2.45) is 0 Å². The number of carbonyl (C=O) groups is 1. The van der Waals surface area contributed by atoms with Gasteiger partial charge in [0.05, 0.1) is 24.8 Å². The van der Waals surface area contributed by atoms with E-state index >= 15 is 0 Å². The van der Waals surface area contributed by atoms with E-state index in [1.54, 1.807) is 14.0 Å². The molecule has 0 atom stereocenters. The topological polar surface area (TPSA) is 65.4 Å². The van der Waals surface area contributed by atoms with Crippen molar-refractivity contribution in [3.8, 4) is 11.5 Å². The summed E-state index contributed by atoms with van der Waals surface area (Å²) < 4.78 is 13.5. The highest BCUT2D eigenvalue weighted by Crippen LogP contribution is 2.20. The van der Waals surface area contributed by atoms with Crippen LogP contribution in [0, 0.1) is 0 Å². The number of carbonyl (C=O) groups excluding carboxylic acids is 1. The molecule has 3 rings (SSSR count).